The first-order valence-corrected chi connectivity index (χ1v) is 7.22. The van der Waals surface area contributed by atoms with Crippen molar-refractivity contribution in [1.29, 1.82) is 0 Å². The molecule has 1 aliphatic carbocycles. The Kier molecular flexibility index (Phi) is 3.29. The molecule has 2 unspecified atom stereocenters. The van der Waals surface area contributed by atoms with E-state index in [0.717, 1.165) is 18.1 Å². The molecule has 18 heavy (non-hydrogen) atoms. The number of nitrogens with one attached hydrogen (secondary N) is 1. The maximum Gasteiger partial charge on any atom is 0.124 e. The minimum atomic E-state index is 0.417. The summed E-state index contributed by atoms with van der Waals surface area (Å²) in [6.07, 6.45) is 7.01. The average molecular weight is 245 g/mol. The van der Waals surface area contributed by atoms with Crippen LogP contribution in [0.25, 0.3) is 0 Å². The molecule has 0 spiro atoms. The van der Waals surface area contributed by atoms with Gasteiger partial charge in [0.15, 0.2) is 0 Å². The molecule has 1 aliphatic heterocycles. The van der Waals surface area contributed by atoms with E-state index in [2.05, 4.69) is 37.5 Å². The lowest BCUT2D eigenvalue weighted by Crippen LogP contribution is -2.35. The summed E-state index contributed by atoms with van der Waals surface area (Å²) in [5, 5.41) is 3.46. The van der Waals surface area contributed by atoms with Crippen LogP contribution in [0.4, 0.5) is 0 Å². The normalized spacial score (nSPS) is 27.9. The van der Waals surface area contributed by atoms with Gasteiger partial charge < -0.3 is 10.1 Å². The number of hydrogen-bond donors (Lipinski definition) is 1. The zero-order chi connectivity index (χ0) is 12.5. The molecule has 0 aromatic heterocycles. The van der Waals surface area contributed by atoms with Crippen molar-refractivity contribution in [3.8, 4) is 5.75 Å². The van der Waals surface area contributed by atoms with Crippen LogP contribution in [0.5, 0.6) is 5.75 Å². The number of benzene rings is 1. The summed E-state index contributed by atoms with van der Waals surface area (Å²) in [5.74, 6) is 1.87. The molecule has 1 fully saturated rings. The zero-order valence-corrected chi connectivity index (χ0v) is 11.4. The minimum absolute atomic E-state index is 0.417. The van der Waals surface area contributed by atoms with Gasteiger partial charge in [-0.1, -0.05) is 30.5 Å². The van der Waals surface area contributed by atoms with E-state index < -0.39 is 0 Å². The largest absolute Gasteiger partial charge is 0.490 e. The summed E-state index contributed by atoms with van der Waals surface area (Å²) < 4.78 is 6.26. The molecule has 2 aliphatic rings. The monoisotopic (exact) mass is 245 g/mol. The summed E-state index contributed by atoms with van der Waals surface area (Å²) >= 11 is 0. The Morgan fingerprint density at radius 3 is 2.72 bits per heavy atom. The predicted molar refractivity (Wildman–Crippen MR) is 74.0 cm³/mol. The molecular weight excluding hydrogens is 222 g/mol. The summed E-state index contributed by atoms with van der Waals surface area (Å²) in [7, 11) is 2.06. The van der Waals surface area contributed by atoms with Crippen molar-refractivity contribution in [2.45, 2.75) is 51.2 Å². The Balaban J connectivity index is 1.86. The van der Waals surface area contributed by atoms with Crippen molar-refractivity contribution in [1.82, 2.24) is 5.32 Å². The Hall–Kier alpha value is -1.02. The molecule has 2 nitrogen and oxygen atoms in total. The van der Waals surface area contributed by atoms with Crippen molar-refractivity contribution in [3.05, 3.63) is 29.3 Å². The second kappa shape index (κ2) is 4.93. The first kappa shape index (κ1) is 12.0. The number of rotatable bonds is 2. The van der Waals surface area contributed by atoms with E-state index in [1.807, 2.05) is 0 Å². The number of ether oxygens (including phenoxy) is 1. The highest BCUT2D eigenvalue weighted by Gasteiger charge is 2.33. The van der Waals surface area contributed by atoms with E-state index in [0.29, 0.717) is 12.1 Å². The molecular formula is C16H23NO. The summed E-state index contributed by atoms with van der Waals surface area (Å²) in [5.41, 5.74) is 2.66. The second-order valence-corrected chi connectivity index (χ2v) is 5.82. The molecule has 98 valence electrons. The van der Waals surface area contributed by atoms with Crippen LogP contribution in [-0.2, 0) is 0 Å². The van der Waals surface area contributed by atoms with Crippen LogP contribution < -0.4 is 10.1 Å². The standard InChI is InChI=1S/C16H23NO/c1-11-7-8-15-13(9-11)14(17-2)10-16(18-15)12-5-3-4-6-12/h7-9,12,14,16-17H,3-6,10H2,1-2H3. The van der Waals surface area contributed by atoms with Gasteiger partial charge in [-0.2, -0.15) is 0 Å². The van der Waals surface area contributed by atoms with Crippen molar-refractivity contribution in [2.75, 3.05) is 7.05 Å². The van der Waals surface area contributed by atoms with E-state index >= 15 is 0 Å². The maximum atomic E-state index is 6.26. The Morgan fingerprint density at radius 1 is 1.22 bits per heavy atom. The molecule has 0 saturated heterocycles. The molecule has 3 rings (SSSR count). The highest BCUT2D eigenvalue weighted by atomic mass is 16.5. The van der Waals surface area contributed by atoms with Gasteiger partial charge in [0.25, 0.3) is 0 Å². The first-order valence-electron chi connectivity index (χ1n) is 7.22. The number of aryl methyl sites for hydroxylation is 1. The van der Waals surface area contributed by atoms with Crippen LogP contribution in [0.2, 0.25) is 0 Å². The van der Waals surface area contributed by atoms with E-state index in [1.165, 1.54) is 36.8 Å². The summed E-state index contributed by atoms with van der Waals surface area (Å²) in [6, 6.07) is 7.03. The van der Waals surface area contributed by atoms with Gasteiger partial charge in [-0.15, -0.1) is 0 Å². The third kappa shape index (κ3) is 2.14. The quantitative estimate of drug-likeness (QED) is 0.859. The topological polar surface area (TPSA) is 21.3 Å². The fourth-order valence-electron chi connectivity index (χ4n) is 3.51. The maximum absolute atomic E-state index is 6.26. The summed E-state index contributed by atoms with van der Waals surface area (Å²) in [4.78, 5) is 0. The third-order valence-corrected chi connectivity index (χ3v) is 4.56. The van der Waals surface area contributed by atoms with Gasteiger partial charge in [-0.25, -0.2) is 0 Å². The zero-order valence-electron chi connectivity index (χ0n) is 11.4. The van der Waals surface area contributed by atoms with E-state index in [4.69, 9.17) is 4.74 Å². The van der Waals surface area contributed by atoms with Crippen molar-refractivity contribution in [2.24, 2.45) is 5.92 Å². The van der Waals surface area contributed by atoms with Gasteiger partial charge >= 0.3 is 0 Å². The van der Waals surface area contributed by atoms with Crippen LogP contribution in [-0.4, -0.2) is 13.2 Å². The molecule has 1 saturated carbocycles. The lowest BCUT2D eigenvalue weighted by atomic mass is 9.88. The molecule has 1 N–H and O–H groups in total. The van der Waals surface area contributed by atoms with E-state index in [-0.39, 0.29) is 0 Å². The van der Waals surface area contributed by atoms with E-state index in [1.54, 1.807) is 0 Å². The number of hydrogen-bond acceptors (Lipinski definition) is 2. The highest BCUT2D eigenvalue weighted by molar-refractivity contribution is 5.41. The fraction of sp³-hybridized carbons (Fsp3) is 0.625. The molecule has 2 atom stereocenters. The van der Waals surface area contributed by atoms with Gasteiger partial charge in [0.2, 0.25) is 0 Å². The van der Waals surface area contributed by atoms with Crippen LogP contribution in [0.3, 0.4) is 0 Å². The van der Waals surface area contributed by atoms with Crippen LogP contribution in [0.15, 0.2) is 18.2 Å². The van der Waals surface area contributed by atoms with E-state index in [9.17, 15) is 0 Å². The predicted octanol–water partition coefficient (Wildman–Crippen LogP) is 3.60. The highest BCUT2D eigenvalue weighted by Crippen LogP contribution is 2.41. The Labute approximate surface area is 110 Å². The van der Waals surface area contributed by atoms with Crippen molar-refractivity contribution >= 4 is 0 Å². The Morgan fingerprint density at radius 2 is 2.00 bits per heavy atom. The molecule has 1 aromatic rings. The molecule has 0 bridgehead atoms. The molecule has 1 heterocycles. The minimum Gasteiger partial charge on any atom is -0.490 e. The van der Waals surface area contributed by atoms with Crippen LogP contribution in [0.1, 0.15) is 49.3 Å². The Bertz CT molecular complexity index is 423. The van der Waals surface area contributed by atoms with Gasteiger partial charge in [-0.3, -0.25) is 0 Å². The molecule has 0 amide bonds. The summed E-state index contributed by atoms with van der Waals surface area (Å²) in [6.45, 7) is 2.15. The SMILES string of the molecule is CNC1CC(C2CCCC2)Oc2ccc(C)cc21. The molecule has 0 radical (unpaired) electrons. The third-order valence-electron chi connectivity index (χ3n) is 4.56. The van der Waals surface area contributed by atoms with Crippen molar-refractivity contribution < 1.29 is 4.74 Å². The molecule has 1 aromatic carbocycles. The van der Waals surface area contributed by atoms with Gasteiger partial charge in [0.05, 0.1) is 0 Å². The smallest absolute Gasteiger partial charge is 0.124 e. The van der Waals surface area contributed by atoms with Gasteiger partial charge in [0, 0.05) is 18.0 Å². The lowest BCUT2D eigenvalue weighted by Gasteiger charge is -2.35. The second-order valence-electron chi connectivity index (χ2n) is 5.82. The first-order chi connectivity index (χ1) is 8.78. The number of fused-ring (bicyclic) bond motifs is 1. The van der Waals surface area contributed by atoms with Crippen LogP contribution in [0, 0.1) is 12.8 Å². The van der Waals surface area contributed by atoms with Gasteiger partial charge in [-0.05, 0) is 38.8 Å². The van der Waals surface area contributed by atoms with Crippen molar-refractivity contribution in [3.63, 3.8) is 0 Å². The van der Waals surface area contributed by atoms with Crippen LogP contribution >= 0.6 is 0 Å². The average Bonchev–Trinajstić information content (AvgIpc) is 2.91. The molecule has 2 heteroatoms. The fourth-order valence-corrected chi connectivity index (χ4v) is 3.51. The van der Waals surface area contributed by atoms with Gasteiger partial charge in [0.1, 0.15) is 11.9 Å². The lowest BCUT2D eigenvalue weighted by molar-refractivity contribution is 0.0962.